The minimum absolute atomic E-state index is 0.0236. The van der Waals surface area contributed by atoms with Crippen LogP contribution in [0.3, 0.4) is 0 Å². The van der Waals surface area contributed by atoms with Crippen molar-refractivity contribution in [1.82, 2.24) is 15.8 Å². The van der Waals surface area contributed by atoms with Gasteiger partial charge in [0.25, 0.3) is 5.91 Å². The zero-order chi connectivity index (χ0) is 16.3. The molecule has 0 aliphatic carbocycles. The number of rotatable bonds is 4. The number of nitrogens with one attached hydrogen (secondary N) is 2. The molecule has 1 aromatic heterocycles. The maximum Gasteiger partial charge on any atom is 0.256 e. The largest absolute Gasteiger partial charge is 0.378 e. The Balaban J connectivity index is 2.12. The first kappa shape index (κ1) is 16.5. The summed E-state index contributed by atoms with van der Waals surface area (Å²) >= 11 is 0. The zero-order valence-corrected chi connectivity index (χ0v) is 13.4. The van der Waals surface area contributed by atoms with Crippen LogP contribution in [-0.4, -0.2) is 36.2 Å². The van der Waals surface area contributed by atoms with Gasteiger partial charge in [-0.15, -0.1) is 0 Å². The Morgan fingerprint density at radius 1 is 1.55 bits per heavy atom. The Kier molecular flexibility index (Phi) is 4.85. The van der Waals surface area contributed by atoms with Gasteiger partial charge in [-0.1, -0.05) is 25.9 Å². The molecule has 0 saturated carbocycles. The lowest BCUT2D eigenvalue weighted by Crippen LogP contribution is -2.60. The summed E-state index contributed by atoms with van der Waals surface area (Å²) in [5.41, 5.74) is 0.677. The maximum atomic E-state index is 12.4. The average Bonchev–Trinajstić information content (AvgIpc) is 2.88. The highest BCUT2D eigenvalue weighted by Gasteiger charge is 2.38. The normalized spacial score (nSPS) is 22.3. The van der Waals surface area contributed by atoms with Gasteiger partial charge in [-0.25, -0.2) is 0 Å². The molecule has 1 aliphatic rings. The van der Waals surface area contributed by atoms with Crippen LogP contribution >= 0.6 is 0 Å². The lowest BCUT2D eigenvalue weighted by molar-refractivity contribution is -0.125. The molecule has 2 N–H and O–H groups in total. The summed E-state index contributed by atoms with van der Waals surface area (Å²) in [6.45, 7) is 6.33. The van der Waals surface area contributed by atoms with Gasteiger partial charge in [-0.2, -0.15) is 0 Å². The van der Waals surface area contributed by atoms with Gasteiger partial charge in [0.2, 0.25) is 5.91 Å². The zero-order valence-electron chi connectivity index (χ0n) is 13.4. The van der Waals surface area contributed by atoms with E-state index in [1.807, 2.05) is 20.8 Å². The molecule has 1 aromatic rings. The summed E-state index contributed by atoms with van der Waals surface area (Å²) in [5, 5.41) is 9.74. The first-order chi connectivity index (χ1) is 10.3. The number of methoxy groups -OCH3 is 1. The van der Waals surface area contributed by atoms with E-state index in [2.05, 4.69) is 15.8 Å². The van der Waals surface area contributed by atoms with Crippen molar-refractivity contribution in [1.29, 1.82) is 0 Å². The molecule has 7 heteroatoms. The SMILES string of the molecule is COCc1nocc1C(=O)N[C@@H]1CCC(=O)N[C@H]1C(C)(C)C. The predicted molar refractivity (Wildman–Crippen MR) is 79.1 cm³/mol. The molecular weight excluding hydrogens is 286 g/mol. The second-order valence-electron chi connectivity index (χ2n) is 6.64. The number of piperidine rings is 1. The van der Waals surface area contributed by atoms with E-state index in [1.54, 1.807) is 0 Å². The summed E-state index contributed by atoms with van der Waals surface area (Å²) in [5.74, 6) is -0.237. The Labute approximate surface area is 129 Å². The Morgan fingerprint density at radius 3 is 2.91 bits per heavy atom. The first-order valence-electron chi connectivity index (χ1n) is 7.35. The lowest BCUT2D eigenvalue weighted by atomic mass is 9.78. The van der Waals surface area contributed by atoms with Crippen molar-refractivity contribution in [3.8, 4) is 0 Å². The second kappa shape index (κ2) is 6.48. The van der Waals surface area contributed by atoms with Crippen molar-refractivity contribution in [2.45, 2.75) is 52.3 Å². The quantitative estimate of drug-likeness (QED) is 0.873. The van der Waals surface area contributed by atoms with E-state index in [0.29, 0.717) is 24.1 Å². The van der Waals surface area contributed by atoms with Crippen LogP contribution in [0.1, 0.15) is 49.7 Å². The number of nitrogens with zero attached hydrogens (tertiary/aromatic N) is 1. The van der Waals surface area contributed by atoms with E-state index in [4.69, 9.17) is 9.26 Å². The molecule has 0 aromatic carbocycles. The Morgan fingerprint density at radius 2 is 2.27 bits per heavy atom. The fourth-order valence-corrected chi connectivity index (χ4v) is 2.71. The molecule has 2 amide bonds. The summed E-state index contributed by atoms with van der Waals surface area (Å²) in [6.07, 6.45) is 2.34. The molecule has 22 heavy (non-hydrogen) atoms. The second-order valence-corrected chi connectivity index (χ2v) is 6.64. The van der Waals surface area contributed by atoms with Crippen LogP contribution in [0.5, 0.6) is 0 Å². The average molecular weight is 309 g/mol. The van der Waals surface area contributed by atoms with E-state index in [-0.39, 0.29) is 35.9 Å². The monoisotopic (exact) mass is 309 g/mol. The molecule has 2 rings (SSSR count). The van der Waals surface area contributed by atoms with Crippen LogP contribution in [0.2, 0.25) is 0 Å². The topological polar surface area (TPSA) is 93.5 Å². The molecule has 1 aliphatic heterocycles. The van der Waals surface area contributed by atoms with Crippen molar-refractivity contribution in [3.05, 3.63) is 17.5 Å². The Bertz CT molecular complexity index is 547. The van der Waals surface area contributed by atoms with Crippen molar-refractivity contribution < 1.29 is 18.8 Å². The molecule has 0 bridgehead atoms. The van der Waals surface area contributed by atoms with Crippen LogP contribution in [-0.2, 0) is 16.1 Å². The number of amides is 2. The molecule has 122 valence electrons. The standard InChI is InChI=1S/C15H23N3O4/c1-15(2,3)13-10(5-6-12(19)17-13)16-14(20)9-7-22-18-11(9)8-21-4/h7,10,13H,5-6,8H2,1-4H3,(H,16,20)(H,17,19)/t10-,13-/m1/s1. The highest BCUT2D eigenvalue weighted by Crippen LogP contribution is 2.27. The van der Waals surface area contributed by atoms with Gasteiger partial charge in [-0.05, 0) is 11.8 Å². The molecule has 0 unspecified atom stereocenters. The number of hydrogen-bond donors (Lipinski definition) is 2. The van der Waals surface area contributed by atoms with Gasteiger partial charge in [0.05, 0.1) is 18.7 Å². The van der Waals surface area contributed by atoms with Gasteiger partial charge >= 0.3 is 0 Å². The Hall–Kier alpha value is -1.89. The minimum atomic E-state index is -0.260. The van der Waals surface area contributed by atoms with Crippen molar-refractivity contribution >= 4 is 11.8 Å². The van der Waals surface area contributed by atoms with Crippen molar-refractivity contribution in [2.75, 3.05) is 7.11 Å². The summed E-state index contributed by atoms with van der Waals surface area (Å²) in [7, 11) is 1.53. The molecule has 2 atom stereocenters. The van der Waals surface area contributed by atoms with Gasteiger partial charge in [0, 0.05) is 13.5 Å². The smallest absolute Gasteiger partial charge is 0.256 e. The first-order valence-corrected chi connectivity index (χ1v) is 7.35. The molecule has 0 radical (unpaired) electrons. The van der Waals surface area contributed by atoms with E-state index in [9.17, 15) is 9.59 Å². The fourth-order valence-electron chi connectivity index (χ4n) is 2.71. The van der Waals surface area contributed by atoms with E-state index >= 15 is 0 Å². The summed E-state index contributed by atoms with van der Waals surface area (Å²) < 4.78 is 9.86. The molecule has 1 saturated heterocycles. The van der Waals surface area contributed by atoms with Crippen molar-refractivity contribution in [2.24, 2.45) is 5.41 Å². The predicted octanol–water partition coefficient (Wildman–Crippen LogP) is 1.24. The molecule has 7 nitrogen and oxygen atoms in total. The lowest BCUT2D eigenvalue weighted by Gasteiger charge is -2.41. The van der Waals surface area contributed by atoms with Crippen LogP contribution in [0.25, 0.3) is 0 Å². The van der Waals surface area contributed by atoms with Gasteiger partial charge in [0.15, 0.2) is 0 Å². The summed E-state index contributed by atoms with van der Waals surface area (Å²) in [6, 6.07) is -0.251. The van der Waals surface area contributed by atoms with Crippen molar-refractivity contribution in [3.63, 3.8) is 0 Å². The van der Waals surface area contributed by atoms with E-state index < -0.39 is 0 Å². The summed E-state index contributed by atoms with van der Waals surface area (Å²) in [4.78, 5) is 24.1. The number of hydrogen-bond acceptors (Lipinski definition) is 5. The number of aromatic nitrogens is 1. The number of ether oxygens (including phenoxy) is 1. The third-order valence-corrected chi connectivity index (χ3v) is 3.82. The number of carbonyl (C=O) groups excluding carboxylic acids is 2. The van der Waals surface area contributed by atoms with E-state index in [0.717, 1.165) is 0 Å². The highest BCUT2D eigenvalue weighted by molar-refractivity contribution is 5.95. The molecule has 2 heterocycles. The molecule has 1 fully saturated rings. The van der Waals surface area contributed by atoms with Crippen LogP contribution in [0, 0.1) is 5.41 Å². The maximum absolute atomic E-state index is 12.4. The third kappa shape index (κ3) is 3.65. The minimum Gasteiger partial charge on any atom is -0.378 e. The molecule has 0 spiro atoms. The highest BCUT2D eigenvalue weighted by atomic mass is 16.5. The molecular formula is C15H23N3O4. The van der Waals surface area contributed by atoms with Gasteiger partial charge < -0.3 is 19.9 Å². The fraction of sp³-hybridized carbons (Fsp3) is 0.667. The van der Waals surface area contributed by atoms with E-state index in [1.165, 1.54) is 13.4 Å². The number of carbonyl (C=O) groups is 2. The van der Waals surface area contributed by atoms with Crippen LogP contribution < -0.4 is 10.6 Å². The van der Waals surface area contributed by atoms with Crippen LogP contribution in [0.4, 0.5) is 0 Å². The van der Waals surface area contributed by atoms with Gasteiger partial charge in [0.1, 0.15) is 17.5 Å². The third-order valence-electron chi connectivity index (χ3n) is 3.82. The van der Waals surface area contributed by atoms with Gasteiger partial charge in [-0.3, -0.25) is 9.59 Å². The van der Waals surface area contributed by atoms with Crippen LogP contribution in [0.15, 0.2) is 10.8 Å².